The van der Waals surface area contributed by atoms with Gasteiger partial charge in [0.25, 0.3) is 0 Å². The molecular formula is C14H13N3O. The van der Waals surface area contributed by atoms with Crippen LogP contribution in [0, 0.1) is 18.3 Å². The van der Waals surface area contributed by atoms with Crippen LogP contribution in [-0.4, -0.2) is 15.6 Å². The molecule has 4 heteroatoms. The molecule has 0 amide bonds. The second-order valence-electron chi connectivity index (χ2n) is 4.16. The van der Waals surface area contributed by atoms with E-state index in [0.717, 1.165) is 11.1 Å². The van der Waals surface area contributed by atoms with Crippen LogP contribution in [-0.2, 0) is 7.05 Å². The zero-order valence-corrected chi connectivity index (χ0v) is 10.3. The Morgan fingerprint density at radius 3 is 2.67 bits per heavy atom. The molecule has 0 N–H and O–H groups in total. The van der Waals surface area contributed by atoms with Gasteiger partial charge in [-0.05, 0) is 24.1 Å². The summed E-state index contributed by atoms with van der Waals surface area (Å²) < 4.78 is 1.56. The van der Waals surface area contributed by atoms with Gasteiger partial charge in [-0.1, -0.05) is 24.3 Å². The fourth-order valence-corrected chi connectivity index (χ4v) is 1.87. The second-order valence-corrected chi connectivity index (χ2v) is 4.16. The number of hydrogen-bond acceptors (Lipinski definition) is 3. The maximum atomic E-state index is 12.2. The Morgan fingerprint density at radius 1 is 1.39 bits per heavy atom. The van der Waals surface area contributed by atoms with Crippen molar-refractivity contribution in [3.8, 4) is 6.07 Å². The molecule has 1 heterocycles. The van der Waals surface area contributed by atoms with Crippen molar-refractivity contribution >= 4 is 5.78 Å². The van der Waals surface area contributed by atoms with E-state index in [1.807, 2.05) is 31.2 Å². The topological polar surface area (TPSA) is 58.7 Å². The van der Waals surface area contributed by atoms with Gasteiger partial charge in [0, 0.05) is 13.2 Å². The van der Waals surface area contributed by atoms with Crippen LogP contribution >= 0.6 is 0 Å². The summed E-state index contributed by atoms with van der Waals surface area (Å²) in [6.07, 6.45) is 1.69. The SMILES string of the molecule is Cc1ccccc1C(C#N)C(=O)c1ccn(C)n1. The van der Waals surface area contributed by atoms with Crippen LogP contribution in [0.15, 0.2) is 36.5 Å². The second kappa shape index (κ2) is 4.84. The number of carbonyl (C=O) groups is 1. The molecule has 1 aromatic carbocycles. The lowest BCUT2D eigenvalue weighted by Gasteiger charge is -2.09. The summed E-state index contributed by atoms with van der Waals surface area (Å²) >= 11 is 0. The summed E-state index contributed by atoms with van der Waals surface area (Å²) in [5, 5.41) is 13.3. The minimum atomic E-state index is -0.791. The highest BCUT2D eigenvalue weighted by molar-refractivity contribution is 6.01. The van der Waals surface area contributed by atoms with Gasteiger partial charge in [-0.25, -0.2) is 0 Å². The van der Waals surface area contributed by atoms with Crippen molar-refractivity contribution in [1.82, 2.24) is 9.78 Å². The number of aryl methyl sites for hydroxylation is 2. The summed E-state index contributed by atoms with van der Waals surface area (Å²) in [4.78, 5) is 12.2. The van der Waals surface area contributed by atoms with Crippen molar-refractivity contribution in [1.29, 1.82) is 5.26 Å². The van der Waals surface area contributed by atoms with Crippen molar-refractivity contribution in [2.45, 2.75) is 12.8 Å². The van der Waals surface area contributed by atoms with E-state index in [0.29, 0.717) is 5.69 Å². The Morgan fingerprint density at radius 2 is 2.11 bits per heavy atom. The largest absolute Gasteiger partial charge is 0.290 e. The Balaban J connectivity index is 2.39. The normalized spacial score (nSPS) is 11.8. The molecule has 0 aliphatic heterocycles. The minimum absolute atomic E-state index is 0.257. The van der Waals surface area contributed by atoms with E-state index in [9.17, 15) is 10.1 Å². The standard InChI is InChI=1S/C14H13N3O/c1-10-5-3-4-6-11(10)12(9-15)14(18)13-7-8-17(2)16-13/h3-8,12H,1-2H3. The lowest BCUT2D eigenvalue weighted by Crippen LogP contribution is -2.13. The number of hydrogen-bond donors (Lipinski definition) is 0. The van der Waals surface area contributed by atoms with Crippen LogP contribution in [0.1, 0.15) is 27.5 Å². The number of Topliss-reactive ketones (excluding diaryl/α,β-unsaturated/α-hetero) is 1. The number of nitriles is 1. The van der Waals surface area contributed by atoms with Crippen LogP contribution in [0.4, 0.5) is 0 Å². The molecule has 0 radical (unpaired) electrons. The molecule has 18 heavy (non-hydrogen) atoms. The lowest BCUT2D eigenvalue weighted by atomic mass is 9.91. The third kappa shape index (κ3) is 2.16. The molecule has 2 aromatic rings. The van der Waals surface area contributed by atoms with Crippen LogP contribution in [0.25, 0.3) is 0 Å². The quantitative estimate of drug-likeness (QED) is 0.771. The van der Waals surface area contributed by atoms with Gasteiger partial charge in [-0.3, -0.25) is 9.48 Å². The third-order valence-corrected chi connectivity index (χ3v) is 2.86. The molecule has 1 unspecified atom stereocenters. The van der Waals surface area contributed by atoms with Crippen molar-refractivity contribution in [3.63, 3.8) is 0 Å². The number of rotatable bonds is 3. The number of nitrogens with zero attached hydrogens (tertiary/aromatic N) is 3. The maximum Gasteiger partial charge on any atom is 0.204 e. The molecule has 1 aromatic heterocycles. The zero-order chi connectivity index (χ0) is 13.1. The first-order valence-electron chi connectivity index (χ1n) is 5.62. The molecule has 0 aliphatic rings. The van der Waals surface area contributed by atoms with Gasteiger partial charge in [0.2, 0.25) is 5.78 Å². The Kier molecular flexibility index (Phi) is 3.24. The number of aromatic nitrogens is 2. The van der Waals surface area contributed by atoms with Crippen molar-refractivity contribution in [2.24, 2.45) is 7.05 Å². The molecule has 0 spiro atoms. The summed E-state index contributed by atoms with van der Waals surface area (Å²) in [6, 6.07) is 11.1. The molecule has 0 saturated carbocycles. The molecule has 0 fully saturated rings. The third-order valence-electron chi connectivity index (χ3n) is 2.86. The lowest BCUT2D eigenvalue weighted by molar-refractivity contribution is 0.0973. The Labute approximate surface area is 105 Å². The van der Waals surface area contributed by atoms with E-state index in [2.05, 4.69) is 11.2 Å². The van der Waals surface area contributed by atoms with Crippen LogP contribution in [0.3, 0.4) is 0 Å². The van der Waals surface area contributed by atoms with Crippen LogP contribution < -0.4 is 0 Å². The maximum absolute atomic E-state index is 12.2. The van der Waals surface area contributed by atoms with Gasteiger partial charge >= 0.3 is 0 Å². The first-order chi connectivity index (χ1) is 8.63. The number of ketones is 1. The summed E-state index contributed by atoms with van der Waals surface area (Å²) in [7, 11) is 1.74. The average Bonchev–Trinajstić information content (AvgIpc) is 2.79. The Bertz CT molecular complexity index is 622. The fraction of sp³-hybridized carbons (Fsp3) is 0.214. The van der Waals surface area contributed by atoms with E-state index in [4.69, 9.17) is 0 Å². The monoisotopic (exact) mass is 239 g/mol. The molecule has 0 bridgehead atoms. The highest BCUT2D eigenvalue weighted by Gasteiger charge is 2.24. The van der Waals surface area contributed by atoms with E-state index in [1.54, 1.807) is 24.0 Å². The number of benzene rings is 1. The number of carbonyl (C=O) groups excluding carboxylic acids is 1. The molecule has 4 nitrogen and oxygen atoms in total. The fourth-order valence-electron chi connectivity index (χ4n) is 1.87. The van der Waals surface area contributed by atoms with Gasteiger partial charge in [-0.2, -0.15) is 10.4 Å². The molecule has 2 rings (SSSR count). The van der Waals surface area contributed by atoms with Crippen molar-refractivity contribution in [3.05, 3.63) is 53.3 Å². The van der Waals surface area contributed by atoms with E-state index < -0.39 is 5.92 Å². The Hall–Kier alpha value is -2.41. The first kappa shape index (κ1) is 12.1. The van der Waals surface area contributed by atoms with Crippen LogP contribution in [0.5, 0.6) is 0 Å². The minimum Gasteiger partial charge on any atom is -0.290 e. The highest BCUT2D eigenvalue weighted by atomic mass is 16.1. The van der Waals surface area contributed by atoms with E-state index in [-0.39, 0.29) is 5.78 Å². The summed E-state index contributed by atoms with van der Waals surface area (Å²) in [5.74, 6) is -1.05. The van der Waals surface area contributed by atoms with Gasteiger partial charge in [0.15, 0.2) is 0 Å². The zero-order valence-electron chi connectivity index (χ0n) is 10.3. The van der Waals surface area contributed by atoms with Crippen LogP contribution in [0.2, 0.25) is 0 Å². The molecule has 1 atom stereocenters. The molecule has 90 valence electrons. The predicted molar refractivity (Wildman–Crippen MR) is 67.1 cm³/mol. The van der Waals surface area contributed by atoms with Crippen molar-refractivity contribution in [2.75, 3.05) is 0 Å². The highest BCUT2D eigenvalue weighted by Crippen LogP contribution is 2.22. The van der Waals surface area contributed by atoms with Crippen molar-refractivity contribution < 1.29 is 4.79 Å². The van der Waals surface area contributed by atoms with Gasteiger partial charge < -0.3 is 0 Å². The van der Waals surface area contributed by atoms with Gasteiger partial charge in [0.1, 0.15) is 11.6 Å². The van der Waals surface area contributed by atoms with Gasteiger partial charge in [0.05, 0.1) is 6.07 Å². The predicted octanol–water partition coefficient (Wildman–Crippen LogP) is 2.22. The molecular weight excluding hydrogens is 226 g/mol. The first-order valence-corrected chi connectivity index (χ1v) is 5.62. The molecule has 0 saturated heterocycles. The van der Waals surface area contributed by atoms with E-state index in [1.165, 1.54) is 0 Å². The molecule has 0 aliphatic carbocycles. The summed E-state index contributed by atoms with van der Waals surface area (Å²) in [5.41, 5.74) is 2.01. The van der Waals surface area contributed by atoms with E-state index >= 15 is 0 Å². The smallest absolute Gasteiger partial charge is 0.204 e. The summed E-state index contributed by atoms with van der Waals surface area (Å²) in [6.45, 7) is 1.89. The average molecular weight is 239 g/mol. The van der Waals surface area contributed by atoms with Gasteiger partial charge in [-0.15, -0.1) is 0 Å².